The van der Waals surface area contributed by atoms with E-state index < -0.39 is 0 Å². The summed E-state index contributed by atoms with van der Waals surface area (Å²) in [5.41, 5.74) is 11.1. The predicted molar refractivity (Wildman–Crippen MR) is 209 cm³/mol. The van der Waals surface area contributed by atoms with E-state index in [-0.39, 0.29) is 0 Å². The summed E-state index contributed by atoms with van der Waals surface area (Å²) in [4.78, 5) is 10.2. The van der Waals surface area contributed by atoms with E-state index in [2.05, 4.69) is 143 Å². The van der Waals surface area contributed by atoms with Crippen LogP contribution in [0.1, 0.15) is 0 Å². The van der Waals surface area contributed by atoms with Gasteiger partial charge in [0.25, 0.3) is 0 Å². The van der Waals surface area contributed by atoms with Crippen molar-refractivity contribution in [2.75, 3.05) is 0 Å². The first kappa shape index (κ1) is 27.9. The van der Waals surface area contributed by atoms with Gasteiger partial charge >= 0.3 is 0 Å². The zero-order valence-corrected chi connectivity index (χ0v) is 27.4. The third-order valence-electron chi connectivity index (χ3n) is 10.2. The number of rotatable bonds is 4. The van der Waals surface area contributed by atoms with Crippen LogP contribution in [0.25, 0.3) is 99.7 Å². The average Bonchev–Trinajstić information content (AvgIpc) is 3.86. The molecule has 0 aliphatic carbocycles. The number of para-hydroxylation sites is 4. The molecule has 4 heterocycles. The summed E-state index contributed by atoms with van der Waals surface area (Å²) < 4.78 is 11.1. The minimum absolute atomic E-state index is 0.587. The van der Waals surface area contributed by atoms with Gasteiger partial charge < -0.3 is 13.6 Å². The van der Waals surface area contributed by atoms with Gasteiger partial charge in [-0.25, -0.2) is 4.98 Å². The SMILES string of the molecule is c1ccc(-c2nc(-c3ccc(-n4c5ccccc5c5ccc6c(c7ccccc7n6-c6ccccc6)c54)cc3)nc3oc4ccccc4c23)cc1. The van der Waals surface area contributed by atoms with Gasteiger partial charge in [-0.2, -0.15) is 4.98 Å². The molecule has 5 heteroatoms. The molecule has 0 saturated heterocycles. The molecule has 238 valence electrons. The summed E-state index contributed by atoms with van der Waals surface area (Å²) in [7, 11) is 0. The lowest BCUT2D eigenvalue weighted by Crippen LogP contribution is -1.97. The van der Waals surface area contributed by atoms with Crippen LogP contribution in [0, 0.1) is 0 Å². The molecule has 4 aromatic heterocycles. The molecule has 0 aliphatic heterocycles. The van der Waals surface area contributed by atoms with E-state index in [4.69, 9.17) is 14.4 Å². The zero-order valence-electron chi connectivity index (χ0n) is 27.4. The molecule has 0 radical (unpaired) electrons. The molecule has 7 aromatic carbocycles. The number of fused-ring (bicyclic) bond motifs is 10. The van der Waals surface area contributed by atoms with Gasteiger partial charge in [-0.3, -0.25) is 0 Å². The Balaban J connectivity index is 1.15. The van der Waals surface area contributed by atoms with Gasteiger partial charge in [0.15, 0.2) is 5.82 Å². The quantitative estimate of drug-likeness (QED) is 0.190. The van der Waals surface area contributed by atoms with E-state index >= 15 is 0 Å². The summed E-state index contributed by atoms with van der Waals surface area (Å²) >= 11 is 0. The van der Waals surface area contributed by atoms with Gasteiger partial charge in [0.05, 0.1) is 33.1 Å². The van der Waals surface area contributed by atoms with E-state index in [1.165, 1.54) is 38.1 Å². The van der Waals surface area contributed by atoms with Crippen LogP contribution >= 0.6 is 0 Å². The smallest absolute Gasteiger partial charge is 0.231 e. The lowest BCUT2D eigenvalue weighted by molar-refractivity contribution is 0.653. The minimum Gasteiger partial charge on any atom is -0.438 e. The molecule has 0 unspecified atom stereocenters. The van der Waals surface area contributed by atoms with Gasteiger partial charge in [-0.1, -0.05) is 109 Å². The monoisotopic (exact) mass is 652 g/mol. The summed E-state index contributed by atoms with van der Waals surface area (Å²) in [6, 6.07) is 59.6. The highest BCUT2D eigenvalue weighted by atomic mass is 16.3. The third kappa shape index (κ3) is 4.09. The largest absolute Gasteiger partial charge is 0.438 e. The molecule has 11 rings (SSSR count). The van der Waals surface area contributed by atoms with Gasteiger partial charge in [-0.15, -0.1) is 0 Å². The van der Waals surface area contributed by atoms with Crippen molar-refractivity contribution in [2.45, 2.75) is 0 Å². The Morgan fingerprint density at radius 1 is 0.392 bits per heavy atom. The Kier molecular flexibility index (Phi) is 5.89. The highest BCUT2D eigenvalue weighted by Crippen LogP contribution is 2.42. The van der Waals surface area contributed by atoms with E-state index in [1.807, 2.05) is 36.4 Å². The lowest BCUT2D eigenvalue weighted by atomic mass is 10.1. The van der Waals surface area contributed by atoms with Crippen LogP contribution in [0.15, 0.2) is 174 Å². The molecule has 0 atom stereocenters. The maximum atomic E-state index is 6.31. The fraction of sp³-hybridized carbons (Fsp3) is 0. The lowest BCUT2D eigenvalue weighted by Gasteiger charge is -2.11. The highest BCUT2D eigenvalue weighted by Gasteiger charge is 2.22. The molecule has 0 spiro atoms. The van der Waals surface area contributed by atoms with E-state index in [1.54, 1.807) is 0 Å². The Morgan fingerprint density at radius 3 is 1.80 bits per heavy atom. The van der Waals surface area contributed by atoms with Gasteiger partial charge in [0.2, 0.25) is 5.71 Å². The summed E-state index contributed by atoms with van der Waals surface area (Å²) in [6.07, 6.45) is 0. The predicted octanol–water partition coefficient (Wildman–Crippen LogP) is 11.9. The van der Waals surface area contributed by atoms with Crippen LogP contribution in [0.5, 0.6) is 0 Å². The van der Waals surface area contributed by atoms with Crippen molar-refractivity contribution in [2.24, 2.45) is 0 Å². The average molecular weight is 653 g/mol. The number of nitrogens with zero attached hydrogens (tertiary/aromatic N) is 4. The first-order valence-corrected chi connectivity index (χ1v) is 17.2. The summed E-state index contributed by atoms with van der Waals surface area (Å²) in [5, 5.41) is 6.85. The number of hydrogen-bond acceptors (Lipinski definition) is 3. The number of aromatic nitrogens is 4. The van der Waals surface area contributed by atoms with Crippen molar-refractivity contribution >= 4 is 65.7 Å². The number of hydrogen-bond donors (Lipinski definition) is 0. The minimum atomic E-state index is 0.587. The van der Waals surface area contributed by atoms with Crippen LogP contribution in [0.4, 0.5) is 0 Å². The second kappa shape index (κ2) is 10.8. The molecule has 5 nitrogen and oxygen atoms in total. The van der Waals surface area contributed by atoms with Gasteiger partial charge in [0.1, 0.15) is 5.58 Å². The Hall–Kier alpha value is -6.98. The molecule has 0 fully saturated rings. The first-order valence-electron chi connectivity index (χ1n) is 17.2. The Morgan fingerprint density at radius 2 is 1.02 bits per heavy atom. The van der Waals surface area contributed by atoms with E-state index in [0.29, 0.717) is 11.5 Å². The molecule has 0 aliphatic rings. The standard InChI is InChI=1S/C46H28N4O/c1-3-13-29(14-4-1)43-42-36-19-9-12-22-40(36)51-46(42)48-45(47-43)30-23-25-32(26-24-30)50-37-20-10-7-17-33(37)34-27-28-39-41(44(34)50)35-18-8-11-21-38(35)49(39)31-15-5-2-6-16-31/h1-28H. The van der Waals surface area contributed by atoms with Crippen LogP contribution in [-0.2, 0) is 0 Å². The van der Waals surface area contributed by atoms with Crippen LogP contribution in [0.2, 0.25) is 0 Å². The van der Waals surface area contributed by atoms with E-state index in [9.17, 15) is 0 Å². The number of furan rings is 1. The highest BCUT2D eigenvalue weighted by molar-refractivity contribution is 6.26. The van der Waals surface area contributed by atoms with E-state index in [0.717, 1.165) is 50.1 Å². The van der Waals surface area contributed by atoms with Crippen molar-refractivity contribution in [3.63, 3.8) is 0 Å². The van der Waals surface area contributed by atoms with Crippen molar-refractivity contribution in [1.82, 2.24) is 19.1 Å². The summed E-state index contributed by atoms with van der Waals surface area (Å²) in [6.45, 7) is 0. The molecular weight excluding hydrogens is 625 g/mol. The van der Waals surface area contributed by atoms with Crippen molar-refractivity contribution < 1.29 is 4.42 Å². The second-order valence-corrected chi connectivity index (χ2v) is 13.0. The fourth-order valence-corrected chi connectivity index (χ4v) is 7.95. The normalized spacial score (nSPS) is 11.9. The third-order valence-corrected chi connectivity index (χ3v) is 10.2. The molecular formula is C46H28N4O. The molecule has 0 saturated carbocycles. The van der Waals surface area contributed by atoms with Crippen molar-refractivity contribution in [3.05, 3.63) is 170 Å². The second-order valence-electron chi connectivity index (χ2n) is 13.0. The fourth-order valence-electron chi connectivity index (χ4n) is 7.95. The Bertz CT molecular complexity index is 3120. The zero-order chi connectivity index (χ0) is 33.5. The molecule has 51 heavy (non-hydrogen) atoms. The van der Waals surface area contributed by atoms with Crippen LogP contribution in [-0.4, -0.2) is 19.1 Å². The maximum Gasteiger partial charge on any atom is 0.231 e. The molecule has 11 aromatic rings. The first-order chi connectivity index (χ1) is 25.3. The van der Waals surface area contributed by atoms with Crippen LogP contribution < -0.4 is 0 Å². The van der Waals surface area contributed by atoms with Gasteiger partial charge in [-0.05, 0) is 60.7 Å². The molecule has 0 N–H and O–H groups in total. The number of benzene rings is 7. The van der Waals surface area contributed by atoms with Gasteiger partial charge in [0, 0.05) is 49.4 Å². The van der Waals surface area contributed by atoms with Crippen molar-refractivity contribution in [1.29, 1.82) is 0 Å². The molecule has 0 bridgehead atoms. The Labute approximate surface area is 292 Å². The van der Waals surface area contributed by atoms with Crippen LogP contribution in [0.3, 0.4) is 0 Å². The molecule has 0 amide bonds. The van der Waals surface area contributed by atoms with Crippen molar-refractivity contribution in [3.8, 4) is 34.0 Å². The summed E-state index contributed by atoms with van der Waals surface area (Å²) in [5.74, 6) is 0.627. The maximum absolute atomic E-state index is 6.31. The topological polar surface area (TPSA) is 48.8 Å².